The number of ether oxygens (including phenoxy) is 4. The molecular formula is C40H70N6O5. The number of benzene rings is 2. The summed E-state index contributed by atoms with van der Waals surface area (Å²) in [5.41, 5.74) is 7.36. The van der Waals surface area contributed by atoms with E-state index in [-0.39, 0.29) is 0 Å². The zero-order valence-electron chi connectivity index (χ0n) is 32.4. The van der Waals surface area contributed by atoms with Crippen molar-refractivity contribution in [3.8, 4) is 11.5 Å². The van der Waals surface area contributed by atoms with Gasteiger partial charge in [0, 0.05) is 77.6 Å². The Morgan fingerprint density at radius 1 is 0.706 bits per heavy atom. The molecule has 0 bridgehead atoms. The normalized spacial score (nSPS) is 15.1. The average Bonchev–Trinajstić information content (AvgIpc) is 3.19. The molecule has 2 aromatic carbocycles. The molecule has 11 nitrogen and oxygen atoms in total. The van der Waals surface area contributed by atoms with E-state index >= 15 is 0 Å². The Morgan fingerprint density at radius 2 is 1.16 bits per heavy atom. The minimum absolute atomic E-state index is 0.681. The van der Waals surface area contributed by atoms with Crippen molar-refractivity contribution in [1.82, 2.24) is 24.9 Å². The highest BCUT2D eigenvalue weighted by Crippen LogP contribution is 2.13. The lowest BCUT2D eigenvalue weighted by Crippen LogP contribution is -2.40. The van der Waals surface area contributed by atoms with Crippen LogP contribution in [0.25, 0.3) is 0 Å². The minimum Gasteiger partial charge on any atom is -0.494 e. The van der Waals surface area contributed by atoms with Crippen LogP contribution in [0.15, 0.2) is 48.5 Å². The van der Waals surface area contributed by atoms with Crippen LogP contribution in [0.5, 0.6) is 11.5 Å². The largest absolute Gasteiger partial charge is 0.494 e. The molecule has 2 aromatic rings. The number of rotatable bonds is 22. The number of nitrogens with one attached hydrogen (secondary N) is 1. The third-order valence-corrected chi connectivity index (χ3v) is 9.09. The molecule has 2 aliphatic heterocycles. The highest BCUT2D eigenvalue weighted by molar-refractivity contribution is 5.74. The Hall–Kier alpha value is -2.61. The van der Waals surface area contributed by atoms with Gasteiger partial charge in [-0.25, -0.2) is 0 Å². The molecule has 0 saturated carbocycles. The molecule has 0 aromatic heterocycles. The predicted molar refractivity (Wildman–Crippen MR) is 209 cm³/mol. The van der Waals surface area contributed by atoms with Gasteiger partial charge in [0.1, 0.15) is 17.8 Å². The standard InChI is InChI=1S/C20H35N3O2.C14H21NO2.C6H14N2O/c1-3-22(4-2)11-5-15-25-20-8-6-19(7-9-20)18-21-10-12-23-13-16-24-17-14-23;1-3-15(4-2)10-5-11-17-14-8-6-13(12-16)7-9-14;7-1-2-8-3-5-9-6-4-8/h6-9,21H,3-5,10-18H2,1-2H3;6-9,12H,3-5,10-11H2,1-2H3;1-7H2. The van der Waals surface area contributed by atoms with Crippen molar-refractivity contribution in [2.24, 2.45) is 5.73 Å². The number of nitrogens with two attached hydrogens (primary N) is 1. The topological polar surface area (TPSA) is 105 Å². The van der Waals surface area contributed by atoms with Gasteiger partial charge < -0.3 is 39.8 Å². The molecule has 11 heteroatoms. The maximum Gasteiger partial charge on any atom is 0.150 e. The lowest BCUT2D eigenvalue weighted by atomic mass is 10.2. The molecule has 3 N–H and O–H groups in total. The second-order valence-corrected chi connectivity index (χ2v) is 12.7. The van der Waals surface area contributed by atoms with Gasteiger partial charge in [-0.1, -0.05) is 39.8 Å². The fraction of sp³-hybridized carbons (Fsp3) is 0.675. The summed E-state index contributed by atoms with van der Waals surface area (Å²) >= 11 is 0. The SMILES string of the molecule is CCN(CC)CCCOc1ccc(C=O)cc1.CCN(CC)CCCOc1ccc(CNCCN2CCOCC2)cc1.NCCN1CCOCC1. The van der Waals surface area contributed by atoms with E-state index in [0.29, 0.717) is 5.56 Å². The summed E-state index contributed by atoms with van der Waals surface area (Å²) in [4.78, 5) is 20.0. The monoisotopic (exact) mass is 715 g/mol. The fourth-order valence-electron chi connectivity index (χ4n) is 5.68. The smallest absolute Gasteiger partial charge is 0.150 e. The van der Waals surface area contributed by atoms with E-state index in [9.17, 15) is 4.79 Å². The van der Waals surface area contributed by atoms with Crippen LogP contribution in [0.4, 0.5) is 0 Å². The summed E-state index contributed by atoms with van der Waals surface area (Å²) in [6, 6.07) is 15.7. The molecule has 0 aliphatic carbocycles. The summed E-state index contributed by atoms with van der Waals surface area (Å²) in [5.74, 6) is 1.80. The third-order valence-electron chi connectivity index (χ3n) is 9.09. The van der Waals surface area contributed by atoms with Gasteiger partial charge in [-0.15, -0.1) is 0 Å². The van der Waals surface area contributed by atoms with Crippen molar-refractivity contribution in [1.29, 1.82) is 0 Å². The molecule has 51 heavy (non-hydrogen) atoms. The lowest BCUT2D eigenvalue weighted by Gasteiger charge is -2.26. The van der Waals surface area contributed by atoms with Gasteiger partial charge in [0.25, 0.3) is 0 Å². The number of aldehydes is 1. The van der Waals surface area contributed by atoms with Gasteiger partial charge in [0.15, 0.2) is 0 Å². The van der Waals surface area contributed by atoms with Crippen molar-refractivity contribution < 1.29 is 23.7 Å². The summed E-state index contributed by atoms with van der Waals surface area (Å²) in [6.07, 6.45) is 2.94. The lowest BCUT2D eigenvalue weighted by molar-refractivity contribution is 0.0384. The molecule has 0 unspecified atom stereocenters. The Bertz CT molecular complexity index is 1070. The van der Waals surface area contributed by atoms with Crippen LogP contribution in [0.3, 0.4) is 0 Å². The highest BCUT2D eigenvalue weighted by Gasteiger charge is 2.09. The van der Waals surface area contributed by atoms with Crippen molar-refractivity contribution in [3.63, 3.8) is 0 Å². The summed E-state index contributed by atoms with van der Waals surface area (Å²) < 4.78 is 22.0. The molecule has 0 spiro atoms. The van der Waals surface area contributed by atoms with Crippen molar-refractivity contribution in [2.75, 3.05) is 131 Å². The number of morpholine rings is 2. The van der Waals surface area contributed by atoms with E-state index in [1.807, 2.05) is 12.1 Å². The van der Waals surface area contributed by atoms with Crippen molar-refractivity contribution in [3.05, 3.63) is 59.7 Å². The van der Waals surface area contributed by atoms with Crippen molar-refractivity contribution in [2.45, 2.75) is 47.1 Å². The van der Waals surface area contributed by atoms with E-state index in [1.54, 1.807) is 12.1 Å². The van der Waals surface area contributed by atoms with Crippen molar-refractivity contribution >= 4 is 6.29 Å². The van der Waals surface area contributed by atoms with Crippen LogP contribution in [-0.2, 0) is 16.0 Å². The Labute approximate surface area is 309 Å². The van der Waals surface area contributed by atoms with Gasteiger partial charge in [-0.05, 0) is 81.0 Å². The number of hydrogen-bond acceptors (Lipinski definition) is 11. The minimum atomic E-state index is 0.681. The van der Waals surface area contributed by atoms with Crippen LogP contribution in [0, 0.1) is 0 Å². The fourth-order valence-corrected chi connectivity index (χ4v) is 5.68. The molecule has 2 saturated heterocycles. The molecule has 0 atom stereocenters. The molecule has 4 rings (SSSR count). The molecule has 0 amide bonds. The second kappa shape index (κ2) is 29.9. The molecule has 290 valence electrons. The van der Waals surface area contributed by atoms with E-state index in [4.69, 9.17) is 24.7 Å². The van der Waals surface area contributed by atoms with Crippen LogP contribution in [-0.4, -0.2) is 157 Å². The first kappa shape index (κ1) is 44.6. The zero-order valence-corrected chi connectivity index (χ0v) is 32.4. The molecule has 2 heterocycles. The van der Waals surface area contributed by atoms with Crippen LogP contribution in [0.1, 0.15) is 56.5 Å². The number of carbonyl (C=O) groups excluding carboxylic acids is 1. The van der Waals surface area contributed by atoms with Gasteiger partial charge in [-0.3, -0.25) is 14.6 Å². The van der Waals surface area contributed by atoms with E-state index in [1.165, 1.54) is 5.56 Å². The van der Waals surface area contributed by atoms with Crippen LogP contribution >= 0.6 is 0 Å². The summed E-state index contributed by atoms with van der Waals surface area (Å²) in [7, 11) is 0. The number of hydrogen-bond donors (Lipinski definition) is 2. The molecule has 0 radical (unpaired) electrons. The zero-order chi connectivity index (χ0) is 36.8. The first-order valence-electron chi connectivity index (χ1n) is 19.4. The third kappa shape index (κ3) is 21.5. The van der Waals surface area contributed by atoms with Gasteiger partial charge in [0.05, 0.1) is 39.6 Å². The summed E-state index contributed by atoms with van der Waals surface area (Å²) in [6.45, 7) is 29.4. The quantitative estimate of drug-likeness (QED) is 0.136. The Kier molecular flexibility index (Phi) is 26.1. The van der Waals surface area contributed by atoms with Crippen LogP contribution in [0.2, 0.25) is 0 Å². The average molecular weight is 715 g/mol. The number of carbonyl (C=O) groups is 1. The first-order valence-corrected chi connectivity index (χ1v) is 19.4. The van der Waals surface area contributed by atoms with Gasteiger partial charge in [0.2, 0.25) is 0 Å². The second-order valence-electron chi connectivity index (χ2n) is 12.7. The first-order chi connectivity index (χ1) is 25.0. The van der Waals surface area contributed by atoms with Gasteiger partial charge >= 0.3 is 0 Å². The van der Waals surface area contributed by atoms with E-state index in [0.717, 1.165) is 168 Å². The molecule has 2 aliphatic rings. The maximum atomic E-state index is 10.5. The van der Waals surface area contributed by atoms with E-state index in [2.05, 4.69) is 76.9 Å². The number of nitrogens with zero attached hydrogens (tertiary/aromatic N) is 4. The molecular weight excluding hydrogens is 644 g/mol. The summed E-state index contributed by atoms with van der Waals surface area (Å²) in [5, 5.41) is 3.52. The van der Waals surface area contributed by atoms with E-state index < -0.39 is 0 Å². The van der Waals surface area contributed by atoms with Crippen LogP contribution < -0.4 is 20.5 Å². The molecule has 2 fully saturated rings. The maximum absolute atomic E-state index is 10.5. The van der Waals surface area contributed by atoms with Gasteiger partial charge in [-0.2, -0.15) is 0 Å². The Morgan fingerprint density at radius 3 is 1.59 bits per heavy atom. The highest BCUT2D eigenvalue weighted by atomic mass is 16.5. The predicted octanol–water partition coefficient (Wildman–Crippen LogP) is 4.11. The Balaban J connectivity index is 0.000000297.